The first-order valence-corrected chi connectivity index (χ1v) is 7.66. The fourth-order valence-corrected chi connectivity index (χ4v) is 4.11. The zero-order chi connectivity index (χ0) is 13.4. The van der Waals surface area contributed by atoms with E-state index in [9.17, 15) is 0 Å². The summed E-state index contributed by atoms with van der Waals surface area (Å²) in [7, 11) is 0. The highest BCUT2D eigenvalue weighted by Crippen LogP contribution is 2.57. The van der Waals surface area contributed by atoms with Gasteiger partial charge in [-0.3, -0.25) is 0 Å². The van der Waals surface area contributed by atoms with E-state index in [2.05, 4.69) is 60.7 Å². The molecule has 2 fully saturated rings. The third kappa shape index (κ3) is 1.89. The summed E-state index contributed by atoms with van der Waals surface area (Å²) in [5.41, 5.74) is 2.91. The van der Waals surface area contributed by atoms with Gasteiger partial charge in [0.15, 0.2) is 0 Å². The lowest BCUT2D eigenvalue weighted by Crippen LogP contribution is -2.51. The lowest BCUT2D eigenvalue weighted by Gasteiger charge is -2.54. The lowest BCUT2D eigenvalue weighted by atomic mass is 9.55. The number of fused-ring (bicyclic) bond motifs is 1. The quantitative estimate of drug-likeness (QED) is 0.783. The Morgan fingerprint density at radius 3 is 2.00 bits per heavy atom. The summed E-state index contributed by atoms with van der Waals surface area (Å²) in [6.45, 7) is 0.937. The van der Waals surface area contributed by atoms with E-state index in [1.54, 1.807) is 0 Å². The van der Waals surface area contributed by atoms with Crippen LogP contribution in [-0.2, 0) is 4.74 Å². The van der Waals surface area contributed by atoms with Gasteiger partial charge in [0.25, 0.3) is 0 Å². The van der Waals surface area contributed by atoms with Crippen LogP contribution < -0.4 is 0 Å². The van der Waals surface area contributed by atoms with Crippen LogP contribution in [0.5, 0.6) is 0 Å². The summed E-state index contributed by atoms with van der Waals surface area (Å²) >= 11 is 0. The Bertz CT molecular complexity index is 509. The van der Waals surface area contributed by atoms with Gasteiger partial charge in [-0.1, -0.05) is 60.7 Å². The maximum Gasteiger partial charge on any atom is 0.0683 e. The normalized spacial score (nSPS) is 32.2. The van der Waals surface area contributed by atoms with Crippen LogP contribution >= 0.6 is 0 Å². The first-order chi connectivity index (χ1) is 9.95. The van der Waals surface area contributed by atoms with Crippen LogP contribution in [0.25, 0.3) is 0 Å². The Hall–Kier alpha value is -1.60. The molecule has 102 valence electrons. The van der Waals surface area contributed by atoms with Crippen LogP contribution in [0, 0.1) is 5.92 Å². The molecule has 1 nitrogen and oxygen atoms in total. The standard InChI is InChI=1S/C19H20O/c1-3-8-14(9-4-1)17-16-12-7-13-20-19(16)18(17)15-10-5-2-6-11-15/h1-6,8-11,16-19H,7,12-13H2/t16-,17+,18+,19-/m0/s1. The van der Waals surface area contributed by atoms with E-state index in [0.717, 1.165) is 6.61 Å². The van der Waals surface area contributed by atoms with E-state index in [1.165, 1.54) is 24.0 Å². The highest BCUT2D eigenvalue weighted by molar-refractivity contribution is 5.36. The number of ether oxygens (including phenoxy) is 1. The smallest absolute Gasteiger partial charge is 0.0683 e. The Labute approximate surface area is 120 Å². The Kier molecular flexibility index (Phi) is 3.08. The zero-order valence-corrected chi connectivity index (χ0v) is 11.6. The summed E-state index contributed by atoms with van der Waals surface area (Å²) in [5, 5.41) is 0. The summed E-state index contributed by atoms with van der Waals surface area (Å²) < 4.78 is 6.10. The van der Waals surface area contributed by atoms with Crippen molar-refractivity contribution in [3.63, 3.8) is 0 Å². The molecule has 1 saturated carbocycles. The van der Waals surface area contributed by atoms with Crippen molar-refractivity contribution in [3.05, 3.63) is 71.8 Å². The summed E-state index contributed by atoms with van der Waals surface area (Å²) in [6.07, 6.45) is 2.95. The molecule has 0 spiro atoms. The van der Waals surface area contributed by atoms with Gasteiger partial charge in [0.2, 0.25) is 0 Å². The molecule has 4 atom stereocenters. The first kappa shape index (κ1) is 12.2. The summed E-state index contributed by atoms with van der Waals surface area (Å²) in [6, 6.07) is 21.9. The molecule has 1 heteroatoms. The minimum absolute atomic E-state index is 0.427. The number of hydrogen-bond donors (Lipinski definition) is 0. The van der Waals surface area contributed by atoms with Gasteiger partial charge in [-0.05, 0) is 35.8 Å². The average Bonchev–Trinajstić information content (AvgIpc) is 2.51. The molecule has 0 N–H and O–H groups in total. The molecule has 0 aromatic heterocycles. The number of hydrogen-bond acceptors (Lipinski definition) is 1. The minimum Gasteiger partial charge on any atom is -0.377 e. The fourth-order valence-electron chi connectivity index (χ4n) is 4.11. The Balaban J connectivity index is 1.71. The van der Waals surface area contributed by atoms with Gasteiger partial charge in [0, 0.05) is 12.5 Å². The maximum atomic E-state index is 6.10. The zero-order valence-electron chi connectivity index (χ0n) is 11.6. The lowest BCUT2D eigenvalue weighted by molar-refractivity contribution is -0.116. The number of benzene rings is 2. The predicted octanol–water partition coefficient (Wildman–Crippen LogP) is 4.36. The Morgan fingerprint density at radius 1 is 0.750 bits per heavy atom. The van der Waals surface area contributed by atoms with Gasteiger partial charge in [0.05, 0.1) is 6.10 Å². The molecule has 1 aliphatic heterocycles. The predicted molar refractivity (Wildman–Crippen MR) is 80.8 cm³/mol. The van der Waals surface area contributed by atoms with Crippen molar-refractivity contribution in [2.24, 2.45) is 5.92 Å². The van der Waals surface area contributed by atoms with E-state index < -0.39 is 0 Å². The minimum atomic E-state index is 0.427. The van der Waals surface area contributed by atoms with Crippen LogP contribution in [0.3, 0.4) is 0 Å². The molecule has 0 radical (unpaired) electrons. The third-order valence-electron chi connectivity index (χ3n) is 4.99. The maximum absolute atomic E-state index is 6.10. The number of rotatable bonds is 2. The van der Waals surface area contributed by atoms with Gasteiger partial charge >= 0.3 is 0 Å². The van der Waals surface area contributed by atoms with Crippen molar-refractivity contribution in [2.45, 2.75) is 30.8 Å². The van der Waals surface area contributed by atoms with Crippen molar-refractivity contribution in [2.75, 3.05) is 6.61 Å². The van der Waals surface area contributed by atoms with Crippen LogP contribution in [0.1, 0.15) is 35.8 Å². The molecule has 1 heterocycles. The molecule has 20 heavy (non-hydrogen) atoms. The highest BCUT2D eigenvalue weighted by atomic mass is 16.5. The highest BCUT2D eigenvalue weighted by Gasteiger charge is 2.52. The SMILES string of the molecule is c1ccc([C@@H]2[C@@H]3CCCO[C@@H]3[C@@H]2c2ccccc2)cc1. The molecule has 2 aliphatic rings. The van der Waals surface area contributed by atoms with E-state index in [1.807, 2.05) is 0 Å². The van der Waals surface area contributed by atoms with Gasteiger partial charge in [-0.15, -0.1) is 0 Å². The molecule has 1 aliphatic carbocycles. The van der Waals surface area contributed by atoms with Crippen molar-refractivity contribution < 1.29 is 4.74 Å². The second-order valence-corrected chi connectivity index (χ2v) is 6.01. The first-order valence-electron chi connectivity index (χ1n) is 7.66. The van der Waals surface area contributed by atoms with Crippen LogP contribution in [0.15, 0.2) is 60.7 Å². The van der Waals surface area contributed by atoms with Crippen molar-refractivity contribution in [1.82, 2.24) is 0 Å². The van der Waals surface area contributed by atoms with Crippen LogP contribution in [-0.4, -0.2) is 12.7 Å². The molecule has 2 aromatic rings. The summed E-state index contributed by atoms with van der Waals surface area (Å²) in [4.78, 5) is 0. The molecule has 0 bridgehead atoms. The van der Waals surface area contributed by atoms with Crippen molar-refractivity contribution in [3.8, 4) is 0 Å². The van der Waals surface area contributed by atoms with Gasteiger partial charge in [0.1, 0.15) is 0 Å². The largest absolute Gasteiger partial charge is 0.377 e. The van der Waals surface area contributed by atoms with Crippen molar-refractivity contribution >= 4 is 0 Å². The molecule has 0 unspecified atom stereocenters. The third-order valence-corrected chi connectivity index (χ3v) is 4.99. The van der Waals surface area contributed by atoms with E-state index >= 15 is 0 Å². The molecule has 1 saturated heterocycles. The molecule has 0 amide bonds. The molecular formula is C19H20O. The van der Waals surface area contributed by atoms with Gasteiger partial charge < -0.3 is 4.74 Å². The molecule has 4 rings (SSSR count). The second kappa shape index (κ2) is 5.06. The van der Waals surface area contributed by atoms with Crippen molar-refractivity contribution in [1.29, 1.82) is 0 Å². The average molecular weight is 264 g/mol. The van der Waals surface area contributed by atoms with E-state index in [-0.39, 0.29) is 0 Å². The van der Waals surface area contributed by atoms with Crippen LogP contribution in [0.4, 0.5) is 0 Å². The fraction of sp³-hybridized carbons (Fsp3) is 0.368. The van der Waals surface area contributed by atoms with Gasteiger partial charge in [-0.25, -0.2) is 0 Å². The topological polar surface area (TPSA) is 9.23 Å². The molecular weight excluding hydrogens is 244 g/mol. The van der Waals surface area contributed by atoms with E-state index in [4.69, 9.17) is 4.74 Å². The van der Waals surface area contributed by atoms with Crippen LogP contribution in [0.2, 0.25) is 0 Å². The van der Waals surface area contributed by atoms with Gasteiger partial charge in [-0.2, -0.15) is 0 Å². The van der Waals surface area contributed by atoms with E-state index in [0.29, 0.717) is 23.9 Å². The summed E-state index contributed by atoms with van der Waals surface area (Å²) in [5.74, 6) is 1.86. The molecule has 2 aromatic carbocycles. The monoisotopic (exact) mass is 264 g/mol. The Morgan fingerprint density at radius 2 is 1.35 bits per heavy atom. The second-order valence-electron chi connectivity index (χ2n) is 6.01.